The molecular formula is C21H21F2N3O3. The SMILES string of the molecule is Oc1ccc(C2CCN(Cc3nc(-c4ccccc4OC(F)F)no3)CC2)cc1. The van der Waals surface area contributed by atoms with Crippen LogP contribution in [0.5, 0.6) is 11.5 Å². The van der Waals surface area contributed by atoms with Crippen molar-refractivity contribution in [1.29, 1.82) is 0 Å². The monoisotopic (exact) mass is 401 g/mol. The van der Waals surface area contributed by atoms with Crippen molar-refractivity contribution < 1.29 is 23.1 Å². The maximum atomic E-state index is 12.6. The molecule has 0 spiro atoms. The van der Waals surface area contributed by atoms with Gasteiger partial charge in [-0.2, -0.15) is 13.8 Å². The lowest BCUT2D eigenvalue weighted by Crippen LogP contribution is -2.32. The van der Waals surface area contributed by atoms with E-state index in [9.17, 15) is 13.9 Å². The molecule has 2 aromatic carbocycles. The van der Waals surface area contributed by atoms with Crippen LogP contribution in [-0.4, -0.2) is 39.8 Å². The van der Waals surface area contributed by atoms with Crippen molar-refractivity contribution in [3.05, 3.63) is 60.0 Å². The second kappa shape index (κ2) is 8.57. The van der Waals surface area contributed by atoms with Crippen molar-refractivity contribution in [2.45, 2.75) is 31.9 Å². The molecular weight excluding hydrogens is 380 g/mol. The van der Waals surface area contributed by atoms with Crippen molar-refractivity contribution in [2.75, 3.05) is 13.1 Å². The molecule has 1 N–H and O–H groups in total. The predicted molar refractivity (Wildman–Crippen MR) is 102 cm³/mol. The quantitative estimate of drug-likeness (QED) is 0.659. The minimum atomic E-state index is -2.92. The van der Waals surface area contributed by atoms with Crippen LogP contribution in [-0.2, 0) is 6.54 Å². The summed E-state index contributed by atoms with van der Waals surface area (Å²) in [6.45, 7) is -0.645. The number of likely N-dealkylation sites (tertiary alicyclic amines) is 1. The maximum Gasteiger partial charge on any atom is 0.387 e. The van der Waals surface area contributed by atoms with Crippen LogP contribution < -0.4 is 4.74 Å². The number of aromatic hydroxyl groups is 1. The molecule has 1 aliphatic heterocycles. The third-order valence-corrected chi connectivity index (χ3v) is 5.12. The van der Waals surface area contributed by atoms with Gasteiger partial charge in [-0.1, -0.05) is 29.4 Å². The molecule has 152 valence electrons. The van der Waals surface area contributed by atoms with Gasteiger partial charge in [-0.05, 0) is 61.7 Å². The van der Waals surface area contributed by atoms with Crippen LogP contribution in [0.15, 0.2) is 53.1 Å². The minimum Gasteiger partial charge on any atom is -0.508 e. The molecule has 0 bridgehead atoms. The van der Waals surface area contributed by atoms with E-state index >= 15 is 0 Å². The normalized spacial score (nSPS) is 15.7. The first-order valence-electron chi connectivity index (χ1n) is 9.46. The van der Waals surface area contributed by atoms with E-state index in [2.05, 4.69) is 19.8 Å². The number of ether oxygens (including phenoxy) is 1. The molecule has 2 heterocycles. The number of phenolic OH excluding ortho intramolecular Hbond substituents is 1. The first kappa shape index (κ1) is 19.3. The zero-order valence-corrected chi connectivity index (χ0v) is 15.7. The molecule has 1 saturated heterocycles. The summed E-state index contributed by atoms with van der Waals surface area (Å²) in [4.78, 5) is 6.59. The highest BCUT2D eigenvalue weighted by Gasteiger charge is 2.23. The second-order valence-corrected chi connectivity index (χ2v) is 7.03. The molecule has 4 rings (SSSR count). The van der Waals surface area contributed by atoms with Gasteiger partial charge in [-0.15, -0.1) is 0 Å². The van der Waals surface area contributed by atoms with E-state index in [0.29, 0.717) is 23.9 Å². The molecule has 0 aliphatic carbocycles. The molecule has 0 unspecified atom stereocenters. The fourth-order valence-corrected chi connectivity index (χ4v) is 3.64. The molecule has 29 heavy (non-hydrogen) atoms. The minimum absolute atomic E-state index is 0.0181. The molecule has 1 fully saturated rings. The number of alkyl halides is 2. The van der Waals surface area contributed by atoms with E-state index < -0.39 is 6.61 Å². The summed E-state index contributed by atoms with van der Waals surface area (Å²) in [6, 6.07) is 13.8. The van der Waals surface area contributed by atoms with Crippen LogP contribution in [0, 0.1) is 0 Å². The predicted octanol–water partition coefficient (Wildman–Crippen LogP) is 4.42. The molecule has 3 aromatic rings. The summed E-state index contributed by atoms with van der Waals surface area (Å²) in [5.74, 6) is 1.43. The van der Waals surface area contributed by atoms with Crippen molar-refractivity contribution in [3.63, 3.8) is 0 Å². The van der Waals surface area contributed by atoms with Crippen molar-refractivity contribution in [3.8, 4) is 22.9 Å². The van der Waals surface area contributed by atoms with Crippen LogP contribution in [0.2, 0.25) is 0 Å². The van der Waals surface area contributed by atoms with E-state index in [1.807, 2.05) is 12.1 Å². The Hall–Kier alpha value is -3.00. The Labute approximate surface area is 166 Å². The molecule has 6 nitrogen and oxygen atoms in total. The molecule has 8 heteroatoms. The summed E-state index contributed by atoms with van der Waals surface area (Å²) >= 11 is 0. The lowest BCUT2D eigenvalue weighted by molar-refractivity contribution is -0.0494. The highest BCUT2D eigenvalue weighted by molar-refractivity contribution is 5.63. The number of rotatable bonds is 6. The van der Waals surface area contributed by atoms with E-state index in [1.165, 1.54) is 11.6 Å². The van der Waals surface area contributed by atoms with Crippen LogP contribution in [0.4, 0.5) is 8.78 Å². The van der Waals surface area contributed by atoms with Gasteiger partial charge < -0.3 is 14.4 Å². The van der Waals surface area contributed by atoms with Crippen molar-refractivity contribution >= 4 is 0 Å². The van der Waals surface area contributed by atoms with Crippen LogP contribution in [0.3, 0.4) is 0 Å². The van der Waals surface area contributed by atoms with E-state index in [0.717, 1.165) is 25.9 Å². The average Bonchev–Trinajstić information content (AvgIpc) is 3.17. The summed E-state index contributed by atoms with van der Waals surface area (Å²) in [5.41, 5.74) is 1.60. The molecule has 0 atom stereocenters. The third kappa shape index (κ3) is 4.71. The number of aromatic nitrogens is 2. The van der Waals surface area contributed by atoms with Gasteiger partial charge in [-0.3, -0.25) is 4.90 Å². The van der Waals surface area contributed by atoms with Gasteiger partial charge in [0.25, 0.3) is 0 Å². The highest BCUT2D eigenvalue weighted by Crippen LogP contribution is 2.31. The van der Waals surface area contributed by atoms with Gasteiger partial charge in [0.05, 0.1) is 12.1 Å². The maximum absolute atomic E-state index is 12.6. The first-order valence-corrected chi connectivity index (χ1v) is 9.46. The van der Waals surface area contributed by atoms with Crippen LogP contribution >= 0.6 is 0 Å². The molecule has 0 radical (unpaired) electrons. The number of piperidine rings is 1. The number of hydrogen-bond acceptors (Lipinski definition) is 6. The number of halogens is 2. The standard InChI is InChI=1S/C21H21F2N3O3/c22-21(23)28-18-4-2-1-3-17(18)20-24-19(29-25-20)13-26-11-9-15(10-12-26)14-5-7-16(27)8-6-14/h1-8,15,21,27H,9-13H2. The molecule has 0 amide bonds. The summed E-state index contributed by atoms with van der Waals surface area (Å²) in [6.07, 6.45) is 1.99. The summed E-state index contributed by atoms with van der Waals surface area (Å²) in [5, 5.41) is 13.4. The lowest BCUT2D eigenvalue weighted by Gasteiger charge is -2.31. The molecule has 1 aliphatic rings. The average molecular weight is 401 g/mol. The fraction of sp³-hybridized carbons (Fsp3) is 0.333. The Morgan fingerprint density at radius 3 is 2.55 bits per heavy atom. The smallest absolute Gasteiger partial charge is 0.387 e. The number of para-hydroxylation sites is 1. The van der Waals surface area contributed by atoms with Gasteiger partial charge in [0.15, 0.2) is 0 Å². The van der Waals surface area contributed by atoms with Gasteiger partial charge in [0, 0.05) is 0 Å². The third-order valence-electron chi connectivity index (χ3n) is 5.12. The Morgan fingerprint density at radius 2 is 1.83 bits per heavy atom. The number of phenols is 1. The van der Waals surface area contributed by atoms with Crippen LogP contribution in [0.25, 0.3) is 11.4 Å². The Morgan fingerprint density at radius 1 is 1.10 bits per heavy atom. The first-order chi connectivity index (χ1) is 14.1. The Balaban J connectivity index is 1.37. The fourth-order valence-electron chi connectivity index (χ4n) is 3.64. The van der Waals surface area contributed by atoms with Gasteiger partial charge in [0.1, 0.15) is 11.5 Å². The molecule has 1 aromatic heterocycles. The number of nitrogens with zero attached hydrogens (tertiary/aromatic N) is 3. The van der Waals surface area contributed by atoms with Gasteiger partial charge >= 0.3 is 6.61 Å². The number of benzene rings is 2. The second-order valence-electron chi connectivity index (χ2n) is 7.03. The topological polar surface area (TPSA) is 71.6 Å². The number of hydrogen-bond donors (Lipinski definition) is 1. The summed E-state index contributed by atoms with van der Waals surface area (Å²) < 4.78 is 35.1. The molecule has 0 saturated carbocycles. The summed E-state index contributed by atoms with van der Waals surface area (Å²) in [7, 11) is 0. The Kier molecular flexibility index (Phi) is 5.71. The van der Waals surface area contributed by atoms with Crippen molar-refractivity contribution in [2.24, 2.45) is 0 Å². The van der Waals surface area contributed by atoms with Gasteiger partial charge in [0.2, 0.25) is 11.7 Å². The zero-order chi connectivity index (χ0) is 20.2. The highest BCUT2D eigenvalue weighted by atomic mass is 19.3. The lowest BCUT2D eigenvalue weighted by atomic mass is 9.89. The van der Waals surface area contributed by atoms with E-state index in [4.69, 9.17) is 4.52 Å². The zero-order valence-electron chi connectivity index (χ0n) is 15.7. The van der Waals surface area contributed by atoms with Gasteiger partial charge in [-0.25, -0.2) is 0 Å². The van der Waals surface area contributed by atoms with E-state index in [1.54, 1.807) is 30.3 Å². The van der Waals surface area contributed by atoms with Crippen LogP contribution in [0.1, 0.15) is 30.2 Å². The van der Waals surface area contributed by atoms with Crippen molar-refractivity contribution in [1.82, 2.24) is 15.0 Å². The largest absolute Gasteiger partial charge is 0.508 e. The Bertz CT molecular complexity index is 938. The van der Waals surface area contributed by atoms with E-state index in [-0.39, 0.29) is 17.3 Å².